The minimum absolute atomic E-state index is 0.318. The zero-order valence-corrected chi connectivity index (χ0v) is 18.5. The van der Waals surface area contributed by atoms with Crippen molar-refractivity contribution in [2.45, 2.75) is 12.2 Å². The van der Waals surface area contributed by atoms with Crippen molar-refractivity contribution in [1.29, 1.82) is 0 Å². The molecule has 1 amide bonds. The number of carbonyl (C=O) groups is 1. The second kappa shape index (κ2) is 8.55. The van der Waals surface area contributed by atoms with E-state index in [2.05, 4.69) is 15.3 Å². The Morgan fingerprint density at radius 1 is 1.09 bits per heavy atom. The molecule has 0 radical (unpaired) electrons. The summed E-state index contributed by atoms with van der Waals surface area (Å²) in [4.78, 5) is 21.6. The van der Waals surface area contributed by atoms with Crippen molar-refractivity contribution < 1.29 is 23.1 Å². The van der Waals surface area contributed by atoms with Crippen LogP contribution in [0.3, 0.4) is 0 Å². The largest absolute Gasteiger partial charge is 0.416 e. The van der Waals surface area contributed by atoms with E-state index >= 15 is 0 Å². The molecule has 0 bridgehead atoms. The zero-order chi connectivity index (χ0) is 24.7. The van der Waals surface area contributed by atoms with Gasteiger partial charge >= 0.3 is 6.18 Å². The highest BCUT2D eigenvalue weighted by Crippen LogP contribution is 2.34. The Labute approximate surface area is 197 Å². The Morgan fingerprint density at radius 3 is 2.51 bits per heavy atom. The number of nitrogens with one attached hydrogen (secondary N) is 1. The summed E-state index contributed by atoms with van der Waals surface area (Å²) in [6, 6.07) is 14.5. The molecule has 5 aromatic rings. The minimum atomic E-state index is -4.43. The number of rotatable bonds is 5. The van der Waals surface area contributed by atoms with E-state index < -0.39 is 23.7 Å². The van der Waals surface area contributed by atoms with E-state index in [9.17, 15) is 23.1 Å². The second-order valence-corrected chi connectivity index (χ2v) is 8.10. The first kappa shape index (κ1) is 22.6. The van der Waals surface area contributed by atoms with E-state index in [1.54, 1.807) is 58.1 Å². The third-order valence-corrected chi connectivity index (χ3v) is 5.87. The van der Waals surface area contributed by atoms with E-state index in [4.69, 9.17) is 0 Å². The molecule has 3 heterocycles. The topological polar surface area (TPSA) is 85.0 Å². The highest BCUT2D eigenvalue weighted by Gasteiger charge is 2.30. The van der Waals surface area contributed by atoms with Gasteiger partial charge in [-0.1, -0.05) is 6.07 Å². The number of carbonyl (C=O) groups excluding carboxylic acids is 1. The number of halogens is 3. The van der Waals surface area contributed by atoms with Gasteiger partial charge in [0.05, 0.1) is 41.3 Å². The van der Waals surface area contributed by atoms with Crippen LogP contribution in [-0.4, -0.2) is 36.7 Å². The van der Waals surface area contributed by atoms with Crippen molar-refractivity contribution in [3.8, 4) is 5.69 Å². The molecule has 0 unspecified atom stereocenters. The van der Waals surface area contributed by atoms with Crippen LogP contribution in [0, 0.1) is 0 Å². The minimum Gasteiger partial charge on any atom is -0.394 e. The average molecular weight is 479 g/mol. The summed E-state index contributed by atoms with van der Waals surface area (Å²) in [6.45, 7) is -0.318. The maximum Gasteiger partial charge on any atom is 0.416 e. The molecular weight excluding hydrogens is 459 g/mol. The normalized spacial score (nSPS) is 12.8. The van der Waals surface area contributed by atoms with Gasteiger partial charge in [-0.2, -0.15) is 13.2 Å². The van der Waals surface area contributed by atoms with Crippen molar-refractivity contribution in [1.82, 2.24) is 24.4 Å². The average Bonchev–Trinajstić information content (AvgIpc) is 3.39. The molecule has 5 rings (SSSR count). The lowest BCUT2D eigenvalue weighted by molar-refractivity contribution is -0.137. The maximum absolute atomic E-state index is 13.0. The summed E-state index contributed by atoms with van der Waals surface area (Å²) in [5, 5.41) is 13.3. The smallest absolute Gasteiger partial charge is 0.394 e. The molecule has 0 spiro atoms. The molecule has 1 atom stereocenters. The van der Waals surface area contributed by atoms with Crippen LogP contribution in [0.15, 0.2) is 73.2 Å². The van der Waals surface area contributed by atoms with Crippen LogP contribution in [0.2, 0.25) is 0 Å². The molecule has 0 aliphatic rings. The number of benzene rings is 2. The standard InChI is InChI=1S/C25H20F3N5O2/c1-32-14-30-23-22(32)18-12-15(24(35)31-20(13-34)19-4-2-3-11-29-19)5-10-21(18)33(23)17-8-6-16(7-9-17)25(26,27)28/h2-12,14,20,34H,13H2,1H3,(H,31,35)/t20-/m1/s1. The lowest BCUT2D eigenvalue weighted by atomic mass is 10.1. The van der Waals surface area contributed by atoms with Crippen LogP contribution in [0.1, 0.15) is 27.7 Å². The number of aryl methyl sites for hydroxylation is 1. The number of alkyl halides is 3. The second-order valence-electron chi connectivity index (χ2n) is 8.10. The molecule has 35 heavy (non-hydrogen) atoms. The Bertz CT molecular complexity index is 1520. The summed E-state index contributed by atoms with van der Waals surface area (Å²) in [5.41, 5.74) is 2.66. The van der Waals surface area contributed by atoms with Gasteiger partial charge in [0, 0.05) is 29.9 Å². The molecule has 2 N–H and O–H groups in total. The van der Waals surface area contributed by atoms with Gasteiger partial charge in [0.15, 0.2) is 5.65 Å². The number of pyridine rings is 1. The predicted molar refractivity (Wildman–Crippen MR) is 124 cm³/mol. The zero-order valence-electron chi connectivity index (χ0n) is 18.5. The summed E-state index contributed by atoms with van der Waals surface area (Å²) in [7, 11) is 1.81. The van der Waals surface area contributed by atoms with Gasteiger partial charge in [-0.15, -0.1) is 0 Å². The van der Waals surface area contributed by atoms with Gasteiger partial charge in [-0.3, -0.25) is 14.3 Å². The number of hydrogen-bond acceptors (Lipinski definition) is 4. The van der Waals surface area contributed by atoms with Crippen molar-refractivity contribution >= 4 is 28.0 Å². The Hall–Kier alpha value is -4.18. The molecule has 178 valence electrons. The third-order valence-electron chi connectivity index (χ3n) is 5.87. The van der Waals surface area contributed by atoms with Crippen molar-refractivity contribution in [2.24, 2.45) is 7.05 Å². The molecular formula is C25H20F3N5O2. The fourth-order valence-electron chi connectivity index (χ4n) is 4.17. The van der Waals surface area contributed by atoms with E-state index in [1.165, 1.54) is 12.1 Å². The van der Waals surface area contributed by atoms with Crippen molar-refractivity contribution in [3.63, 3.8) is 0 Å². The van der Waals surface area contributed by atoms with Gasteiger partial charge in [-0.25, -0.2) is 4.98 Å². The number of aromatic nitrogens is 4. The maximum atomic E-state index is 13.0. The first-order chi connectivity index (χ1) is 16.8. The molecule has 0 aliphatic heterocycles. The van der Waals surface area contributed by atoms with Gasteiger partial charge < -0.3 is 15.0 Å². The van der Waals surface area contributed by atoms with Gasteiger partial charge in [0.25, 0.3) is 5.91 Å². The van der Waals surface area contributed by atoms with Crippen LogP contribution in [0.4, 0.5) is 13.2 Å². The molecule has 3 aromatic heterocycles. The van der Waals surface area contributed by atoms with Crippen LogP contribution in [0.5, 0.6) is 0 Å². The van der Waals surface area contributed by atoms with Crippen LogP contribution >= 0.6 is 0 Å². The predicted octanol–water partition coefficient (Wildman–Crippen LogP) is 4.39. The number of aliphatic hydroxyl groups is 1. The number of aliphatic hydroxyl groups excluding tert-OH is 1. The quantitative estimate of drug-likeness (QED) is 0.392. The molecule has 2 aromatic carbocycles. The Kier molecular flexibility index (Phi) is 5.52. The highest BCUT2D eigenvalue weighted by atomic mass is 19.4. The van der Waals surface area contributed by atoms with Gasteiger partial charge in [0.1, 0.15) is 0 Å². The lowest BCUT2D eigenvalue weighted by Gasteiger charge is -2.16. The summed E-state index contributed by atoms with van der Waals surface area (Å²) < 4.78 is 42.7. The Morgan fingerprint density at radius 2 is 1.86 bits per heavy atom. The van der Waals surface area contributed by atoms with Crippen LogP contribution < -0.4 is 5.32 Å². The molecule has 0 fully saturated rings. The summed E-state index contributed by atoms with van der Waals surface area (Å²) in [6.07, 6.45) is -1.23. The first-order valence-corrected chi connectivity index (χ1v) is 10.7. The fraction of sp³-hybridized carbons (Fsp3) is 0.160. The van der Waals surface area contributed by atoms with Crippen LogP contribution in [-0.2, 0) is 13.2 Å². The number of fused-ring (bicyclic) bond motifs is 3. The molecule has 0 saturated carbocycles. The van der Waals surface area contributed by atoms with Crippen LogP contribution in [0.25, 0.3) is 27.8 Å². The third kappa shape index (κ3) is 4.01. The van der Waals surface area contributed by atoms with Gasteiger partial charge in [0.2, 0.25) is 0 Å². The number of amides is 1. The molecule has 0 saturated heterocycles. The number of nitrogens with zero attached hydrogens (tertiary/aromatic N) is 4. The van der Waals surface area contributed by atoms with E-state index in [0.29, 0.717) is 33.5 Å². The molecule has 0 aliphatic carbocycles. The van der Waals surface area contributed by atoms with Crippen molar-refractivity contribution in [2.75, 3.05) is 6.61 Å². The number of hydrogen-bond donors (Lipinski definition) is 2. The summed E-state index contributed by atoms with van der Waals surface area (Å²) in [5.74, 6) is -0.394. The Balaban J connectivity index is 1.56. The number of imidazole rings is 1. The monoisotopic (exact) mass is 479 g/mol. The van der Waals surface area contributed by atoms with E-state index in [1.807, 2.05) is 7.05 Å². The highest BCUT2D eigenvalue weighted by molar-refractivity contribution is 6.09. The fourth-order valence-corrected chi connectivity index (χ4v) is 4.17. The lowest BCUT2D eigenvalue weighted by Crippen LogP contribution is -2.31. The SMILES string of the molecule is Cn1cnc2c1c1cc(C(=O)N[C@H](CO)c3ccccn3)ccc1n2-c1ccc(C(F)(F)F)cc1. The van der Waals surface area contributed by atoms with E-state index in [0.717, 1.165) is 17.6 Å². The van der Waals surface area contributed by atoms with Crippen molar-refractivity contribution in [3.05, 3.63) is 90.0 Å². The summed E-state index contributed by atoms with van der Waals surface area (Å²) >= 11 is 0. The van der Waals surface area contributed by atoms with E-state index in [-0.39, 0.29) is 6.61 Å². The van der Waals surface area contributed by atoms with Gasteiger partial charge in [-0.05, 0) is 54.6 Å². The molecule has 10 heteroatoms. The molecule has 7 nitrogen and oxygen atoms in total. The first-order valence-electron chi connectivity index (χ1n) is 10.7.